The van der Waals surface area contributed by atoms with Gasteiger partial charge in [0.25, 0.3) is 5.91 Å². The molecule has 3 rings (SSSR count). The molecule has 0 spiro atoms. The highest BCUT2D eigenvalue weighted by atomic mass is 16.6. The van der Waals surface area contributed by atoms with Gasteiger partial charge in [-0.15, -0.1) is 5.10 Å². The zero-order valence-corrected chi connectivity index (χ0v) is 14.5. The lowest BCUT2D eigenvalue weighted by atomic mass is 10.1. The molecular weight excluding hydrogens is 310 g/mol. The highest BCUT2D eigenvalue weighted by Crippen LogP contribution is 2.23. The highest BCUT2D eigenvalue weighted by Gasteiger charge is 2.30. The van der Waals surface area contributed by atoms with Crippen LogP contribution in [0.2, 0.25) is 0 Å². The van der Waals surface area contributed by atoms with E-state index >= 15 is 0 Å². The SMILES string of the molecule is CC(C)(C)OC(=O)N1CCC[C@H](n2cnc(C(=O)NC3CC3)n2)C1. The van der Waals surface area contributed by atoms with E-state index in [1.54, 1.807) is 15.9 Å². The molecule has 2 heterocycles. The Hall–Kier alpha value is -2.12. The van der Waals surface area contributed by atoms with E-state index in [0.29, 0.717) is 13.1 Å². The van der Waals surface area contributed by atoms with Crippen LogP contribution in [0.25, 0.3) is 0 Å². The van der Waals surface area contributed by atoms with Crippen molar-refractivity contribution in [2.24, 2.45) is 0 Å². The van der Waals surface area contributed by atoms with Gasteiger partial charge in [0.1, 0.15) is 11.9 Å². The van der Waals surface area contributed by atoms with Crippen LogP contribution in [0.4, 0.5) is 4.79 Å². The summed E-state index contributed by atoms with van der Waals surface area (Å²) in [5, 5.41) is 7.18. The Balaban J connectivity index is 1.61. The van der Waals surface area contributed by atoms with Crippen molar-refractivity contribution < 1.29 is 14.3 Å². The maximum absolute atomic E-state index is 12.2. The molecule has 1 atom stereocenters. The Morgan fingerprint density at radius 1 is 1.29 bits per heavy atom. The van der Waals surface area contributed by atoms with E-state index in [0.717, 1.165) is 25.7 Å². The maximum Gasteiger partial charge on any atom is 0.410 e. The number of aromatic nitrogens is 3. The van der Waals surface area contributed by atoms with Gasteiger partial charge in [-0.25, -0.2) is 14.5 Å². The smallest absolute Gasteiger partial charge is 0.410 e. The van der Waals surface area contributed by atoms with Gasteiger partial charge in [-0.05, 0) is 46.5 Å². The zero-order valence-electron chi connectivity index (χ0n) is 14.5. The molecule has 1 aliphatic carbocycles. The van der Waals surface area contributed by atoms with Gasteiger partial charge in [0.2, 0.25) is 5.82 Å². The van der Waals surface area contributed by atoms with E-state index in [1.165, 1.54) is 0 Å². The number of hydrogen-bond acceptors (Lipinski definition) is 5. The second kappa shape index (κ2) is 6.41. The number of likely N-dealkylation sites (tertiary alicyclic amines) is 1. The predicted octanol–water partition coefficient (Wildman–Crippen LogP) is 1.74. The molecule has 0 bridgehead atoms. The molecule has 0 aromatic carbocycles. The minimum Gasteiger partial charge on any atom is -0.444 e. The average molecular weight is 335 g/mol. The van der Waals surface area contributed by atoms with Gasteiger partial charge >= 0.3 is 6.09 Å². The summed E-state index contributed by atoms with van der Waals surface area (Å²) >= 11 is 0. The van der Waals surface area contributed by atoms with Gasteiger partial charge in [-0.1, -0.05) is 0 Å². The molecule has 8 nitrogen and oxygen atoms in total. The highest BCUT2D eigenvalue weighted by molar-refractivity contribution is 5.90. The van der Waals surface area contributed by atoms with Crippen molar-refractivity contribution in [3.05, 3.63) is 12.2 Å². The molecule has 1 N–H and O–H groups in total. The van der Waals surface area contributed by atoms with Crippen LogP contribution in [0.5, 0.6) is 0 Å². The molecule has 1 aromatic rings. The Bertz CT molecular complexity index is 617. The minimum atomic E-state index is -0.509. The van der Waals surface area contributed by atoms with Crippen molar-refractivity contribution >= 4 is 12.0 Å². The van der Waals surface area contributed by atoms with Gasteiger partial charge in [-0.2, -0.15) is 0 Å². The number of carbonyl (C=O) groups is 2. The second-order valence-electron chi connectivity index (χ2n) is 7.52. The summed E-state index contributed by atoms with van der Waals surface area (Å²) in [6.45, 7) is 6.76. The van der Waals surface area contributed by atoms with Crippen LogP contribution in [0, 0.1) is 0 Å². The molecule has 2 amide bonds. The van der Waals surface area contributed by atoms with Crippen LogP contribution in [0.1, 0.15) is 63.1 Å². The number of hydrogen-bond donors (Lipinski definition) is 1. The number of piperidine rings is 1. The van der Waals surface area contributed by atoms with Gasteiger partial charge in [0, 0.05) is 19.1 Å². The van der Waals surface area contributed by atoms with Gasteiger partial charge in [0.15, 0.2) is 0 Å². The van der Waals surface area contributed by atoms with E-state index in [9.17, 15) is 9.59 Å². The first kappa shape index (κ1) is 16.7. The summed E-state index contributed by atoms with van der Waals surface area (Å²) in [5.74, 6) is -0.0349. The van der Waals surface area contributed by atoms with Crippen LogP contribution in [-0.2, 0) is 4.74 Å². The van der Waals surface area contributed by atoms with E-state index in [-0.39, 0.29) is 29.9 Å². The molecule has 2 fully saturated rings. The maximum atomic E-state index is 12.2. The summed E-state index contributed by atoms with van der Waals surface area (Å²) in [6, 6.07) is 0.294. The van der Waals surface area contributed by atoms with Crippen molar-refractivity contribution in [2.75, 3.05) is 13.1 Å². The lowest BCUT2D eigenvalue weighted by Gasteiger charge is -2.33. The summed E-state index contributed by atoms with van der Waals surface area (Å²) in [7, 11) is 0. The molecule has 1 aliphatic heterocycles. The van der Waals surface area contributed by atoms with Crippen molar-refractivity contribution in [1.82, 2.24) is 25.0 Å². The first-order valence-electron chi connectivity index (χ1n) is 8.52. The van der Waals surface area contributed by atoms with Crippen LogP contribution >= 0.6 is 0 Å². The van der Waals surface area contributed by atoms with Gasteiger partial charge in [-0.3, -0.25) is 4.79 Å². The molecule has 132 valence electrons. The van der Waals surface area contributed by atoms with E-state index < -0.39 is 5.60 Å². The molecule has 2 aliphatic rings. The lowest BCUT2D eigenvalue weighted by Crippen LogP contribution is -2.43. The van der Waals surface area contributed by atoms with Crippen LogP contribution < -0.4 is 5.32 Å². The monoisotopic (exact) mass is 335 g/mol. The number of rotatable bonds is 3. The van der Waals surface area contributed by atoms with Crippen molar-refractivity contribution in [3.63, 3.8) is 0 Å². The standard InChI is InChI=1S/C16H25N5O3/c1-16(2,3)24-15(23)20-8-4-5-12(9-20)21-10-17-13(19-21)14(22)18-11-6-7-11/h10-12H,4-9H2,1-3H3,(H,18,22)/t12-/m0/s1. The normalized spacial score (nSPS) is 21.5. The largest absolute Gasteiger partial charge is 0.444 e. The van der Waals surface area contributed by atoms with E-state index in [1.807, 2.05) is 20.8 Å². The fourth-order valence-electron chi connectivity index (χ4n) is 2.70. The number of nitrogens with one attached hydrogen (secondary N) is 1. The molecule has 24 heavy (non-hydrogen) atoms. The Morgan fingerprint density at radius 3 is 2.71 bits per heavy atom. The van der Waals surface area contributed by atoms with Crippen molar-refractivity contribution in [2.45, 2.75) is 64.1 Å². The number of nitrogens with zero attached hydrogens (tertiary/aromatic N) is 4. The van der Waals surface area contributed by atoms with Gasteiger partial charge in [0.05, 0.1) is 6.04 Å². The second-order valence-corrected chi connectivity index (χ2v) is 7.52. The third-order valence-electron chi connectivity index (χ3n) is 4.05. The van der Waals surface area contributed by atoms with Gasteiger partial charge < -0.3 is 15.0 Å². The summed E-state index contributed by atoms with van der Waals surface area (Å²) < 4.78 is 7.13. The third-order valence-corrected chi connectivity index (χ3v) is 4.05. The number of carbonyl (C=O) groups excluding carboxylic acids is 2. The molecule has 1 aromatic heterocycles. The number of ether oxygens (including phenoxy) is 1. The fraction of sp³-hybridized carbons (Fsp3) is 0.750. The van der Waals surface area contributed by atoms with Crippen LogP contribution in [-0.4, -0.2) is 56.4 Å². The average Bonchev–Trinajstić information content (AvgIpc) is 3.18. The Kier molecular flexibility index (Phi) is 4.47. The first-order chi connectivity index (χ1) is 11.3. The summed E-state index contributed by atoms with van der Waals surface area (Å²) in [5.41, 5.74) is -0.509. The van der Waals surface area contributed by atoms with E-state index in [4.69, 9.17) is 4.74 Å². The quantitative estimate of drug-likeness (QED) is 0.909. The Morgan fingerprint density at radius 2 is 2.04 bits per heavy atom. The lowest BCUT2D eigenvalue weighted by molar-refractivity contribution is 0.0167. The molecule has 8 heteroatoms. The van der Waals surface area contributed by atoms with Crippen molar-refractivity contribution in [1.29, 1.82) is 0 Å². The van der Waals surface area contributed by atoms with Crippen LogP contribution in [0.3, 0.4) is 0 Å². The topological polar surface area (TPSA) is 89.4 Å². The molecule has 0 radical (unpaired) electrons. The zero-order chi connectivity index (χ0) is 17.3. The third kappa shape index (κ3) is 4.24. The summed E-state index contributed by atoms with van der Waals surface area (Å²) in [4.78, 5) is 30.0. The molecule has 1 saturated carbocycles. The fourth-order valence-corrected chi connectivity index (χ4v) is 2.70. The summed E-state index contributed by atoms with van der Waals surface area (Å²) in [6.07, 6.45) is 5.09. The minimum absolute atomic E-state index is 0.0150. The number of amides is 2. The van der Waals surface area contributed by atoms with Crippen molar-refractivity contribution in [3.8, 4) is 0 Å². The molecular formula is C16H25N5O3. The predicted molar refractivity (Wildman–Crippen MR) is 86.6 cm³/mol. The Labute approximate surface area is 141 Å². The molecule has 1 saturated heterocycles. The first-order valence-corrected chi connectivity index (χ1v) is 8.52. The van der Waals surface area contributed by atoms with Crippen LogP contribution in [0.15, 0.2) is 6.33 Å². The van der Waals surface area contributed by atoms with E-state index in [2.05, 4.69) is 15.4 Å². The molecule has 0 unspecified atom stereocenters.